The third-order valence-electron chi connectivity index (χ3n) is 5.13. The number of carbonyl (C=O) groups is 2. The number of carbonyl (C=O) groups excluding carboxylic acids is 1. The van der Waals surface area contributed by atoms with E-state index >= 15 is 0 Å². The quantitative estimate of drug-likeness (QED) is 0.209. The molecule has 0 aliphatic carbocycles. The van der Waals surface area contributed by atoms with Gasteiger partial charge in [-0.15, -0.1) is 0 Å². The predicted molar refractivity (Wildman–Crippen MR) is 136 cm³/mol. The molecule has 0 fully saturated rings. The number of rotatable bonds is 11. The summed E-state index contributed by atoms with van der Waals surface area (Å²) < 4.78 is 38.4. The Morgan fingerprint density at radius 3 is 2.37 bits per heavy atom. The van der Waals surface area contributed by atoms with Crippen molar-refractivity contribution >= 4 is 39.5 Å². The molecular weight excluding hydrogens is 520 g/mol. The van der Waals surface area contributed by atoms with E-state index in [1.807, 2.05) is 0 Å². The van der Waals surface area contributed by atoms with Gasteiger partial charge in [-0.25, -0.2) is 18.6 Å². The van der Waals surface area contributed by atoms with Crippen LogP contribution in [0.25, 0.3) is 0 Å². The number of aromatic carboxylic acids is 1. The van der Waals surface area contributed by atoms with E-state index in [9.17, 15) is 28.1 Å². The Hall–Kier alpha value is -4.98. The molecule has 0 saturated heterocycles. The average Bonchev–Trinajstić information content (AvgIpc) is 2.91. The number of nitro groups is 1. The summed E-state index contributed by atoms with van der Waals surface area (Å²) in [6.45, 7) is -0.813. The average molecular weight is 543 g/mol. The minimum Gasteiger partial charge on any atom is -0.497 e. The number of nitrogens with zero attached hydrogens (tertiary/aromatic N) is 3. The summed E-state index contributed by atoms with van der Waals surface area (Å²) in [6.07, 6.45) is 1.23. The minimum atomic E-state index is -4.66. The van der Waals surface area contributed by atoms with Gasteiger partial charge in [0, 0.05) is 12.1 Å². The van der Waals surface area contributed by atoms with E-state index in [4.69, 9.17) is 14.6 Å². The van der Waals surface area contributed by atoms with Crippen LogP contribution >= 0.6 is 0 Å². The molecule has 0 aliphatic heterocycles. The Morgan fingerprint density at radius 1 is 1.08 bits per heavy atom. The van der Waals surface area contributed by atoms with Gasteiger partial charge in [-0.1, -0.05) is 24.3 Å². The number of carboxylic acids is 1. The van der Waals surface area contributed by atoms with E-state index in [1.165, 1.54) is 75.0 Å². The molecule has 0 saturated carbocycles. The Balaban J connectivity index is 1.96. The number of ether oxygens (including phenoxy) is 2. The van der Waals surface area contributed by atoms with E-state index in [0.29, 0.717) is 15.6 Å². The van der Waals surface area contributed by atoms with Crippen LogP contribution in [0.2, 0.25) is 0 Å². The lowest BCUT2D eigenvalue weighted by Gasteiger charge is -2.25. The highest BCUT2D eigenvalue weighted by Gasteiger charge is 2.34. The third kappa shape index (κ3) is 6.22. The molecule has 3 aromatic carbocycles. The van der Waals surface area contributed by atoms with Gasteiger partial charge >= 0.3 is 5.97 Å². The summed E-state index contributed by atoms with van der Waals surface area (Å²) >= 11 is 0. The number of amides is 1. The minimum absolute atomic E-state index is 0.0290. The number of para-hydroxylation sites is 1. The summed E-state index contributed by atoms with van der Waals surface area (Å²) in [5.41, 5.74) is 1.99. The Kier molecular flexibility index (Phi) is 8.60. The lowest BCUT2D eigenvalue weighted by atomic mass is 10.1. The molecular formula is C24H22N4O9S. The number of anilines is 1. The molecule has 3 aromatic rings. The first-order valence-electron chi connectivity index (χ1n) is 10.7. The van der Waals surface area contributed by atoms with Gasteiger partial charge in [0.05, 0.1) is 36.6 Å². The Bertz CT molecular complexity index is 1490. The zero-order chi connectivity index (χ0) is 27.9. The summed E-state index contributed by atoms with van der Waals surface area (Å²) in [4.78, 5) is 33.8. The summed E-state index contributed by atoms with van der Waals surface area (Å²) in [5, 5.41) is 24.3. The number of nitro benzene ring substituents is 1. The lowest BCUT2D eigenvalue weighted by Crippen LogP contribution is -2.40. The molecule has 0 radical (unpaired) electrons. The van der Waals surface area contributed by atoms with Crippen LogP contribution in [0.3, 0.4) is 0 Å². The highest BCUT2D eigenvalue weighted by molar-refractivity contribution is 7.93. The maximum Gasteiger partial charge on any atom is 0.335 e. The molecule has 13 nitrogen and oxygen atoms in total. The van der Waals surface area contributed by atoms with Crippen LogP contribution < -0.4 is 19.2 Å². The number of sulfonamides is 1. The number of methoxy groups -OCH3 is 2. The van der Waals surface area contributed by atoms with E-state index in [2.05, 4.69) is 10.5 Å². The molecule has 38 heavy (non-hydrogen) atoms. The lowest BCUT2D eigenvalue weighted by molar-refractivity contribution is -0.387. The summed E-state index contributed by atoms with van der Waals surface area (Å²) in [5.74, 6) is -1.60. The van der Waals surface area contributed by atoms with Crippen LogP contribution in [-0.2, 0) is 14.8 Å². The predicted octanol–water partition coefficient (Wildman–Crippen LogP) is 2.66. The first-order chi connectivity index (χ1) is 18.1. The van der Waals surface area contributed by atoms with Crippen LogP contribution in [-0.4, -0.2) is 57.3 Å². The Labute approximate surface area is 217 Å². The van der Waals surface area contributed by atoms with Crippen molar-refractivity contribution in [2.24, 2.45) is 5.10 Å². The van der Waals surface area contributed by atoms with Crippen molar-refractivity contribution in [1.82, 2.24) is 5.43 Å². The van der Waals surface area contributed by atoms with Gasteiger partial charge < -0.3 is 14.6 Å². The number of benzene rings is 3. The van der Waals surface area contributed by atoms with Crippen molar-refractivity contribution in [1.29, 1.82) is 0 Å². The molecule has 14 heteroatoms. The van der Waals surface area contributed by atoms with E-state index < -0.39 is 44.0 Å². The van der Waals surface area contributed by atoms with E-state index in [1.54, 1.807) is 0 Å². The summed E-state index contributed by atoms with van der Waals surface area (Å²) in [7, 11) is -1.98. The number of nitrogens with one attached hydrogen (secondary N) is 1. The van der Waals surface area contributed by atoms with Crippen molar-refractivity contribution in [2.75, 3.05) is 25.1 Å². The van der Waals surface area contributed by atoms with Gasteiger partial charge in [0.25, 0.3) is 21.6 Å². The molecule has 2 N–H and O–H groups in total. The second-order valence-corrected chi connectivity index (χ2v) is 9.33. The normalized spacial score (nSPS) is 11.1. The van der Waals surface area contributed by atoms with Gasteiger partial charge in [0.2, 0.25) is 0 Å². The molecule has 3 rings (SSSR count). The molecule has 0 bridgehead atoms. The fourth-order valence-electron chi connectivity index (χ4n) is 3.29. The maximum absolute atomic E-state index is 13.7. The van der Waals surface area contributed by atoms with E-state index in [-0.39, 0.29) is 17.0 Å². The number of hydrogen-bond donors (Lipinski definition) is 2. The molecule has 198 valence electrons. The van der Waals surface area contributed by atoms with Crippen LogP contribution in [0.15, 0.2) is 76.7 Å². The van der Waals surface area contributed by atoms with Crippen LogP contribution in [0.1, 0.15) is 15.9 Å². The number of hydrazone groups is 1. The molecule has 0 aliphatic rings. The largest absolute Gasteiger partial charge is 0.497 e. The standard InChI is InChI=1S/C24H22N4O9S/c1-36-18-11-12-19(21(13-18)37-2)27(38(34,35)22-6-4-3-5-20(22)28(32)33)15-23(29)26-25-14-16-7-9-17(10-8-16)24(30)31/h3-14H,15H2,1-2H3,(H,26,29)(H,30,31)/b25-14+. The zero-order valence-corrected chi connectivity index (χ0v) is 20.9. The molecule has 0 heterocycles. The van der Waals surface area contributed by atoms with Crippen molar-refractivity contribution in [2.45, 2.75) is 4.90 Å². The van der Waals surface area contributed by atoms with Crippen LogP contribution in [0, 0.1) is 10.1 Å². The first kappa shape index (κ1) is 27.6. The third-order valence-corrected chi connectivity index (χ3v) is 6.94. The monoisotopic (exact) mass is 542 g/mol. The second kappa shape index (κ2) is 11.8. The van der Waals surface area contributed by atoms with Gasteiger partial charge in [0.15, 0.2) is 4.90 Å². The maximum atomic E-state index is 13.7. The van der Waals surface area contributed by atoms with Gasteiger partial charge in [0.1, 0.15) is 18.0 Å². The fraction of sp³-hybridized carbons (Fsp3) is 0.125. The van der Waals surface area contributed by atoms with Crippen molar-refractivity contribution in [3.8, 4) is 11.5 Å². The van der Waals surface area contributed by atoms with Gasteiger partial charge in [-0.2, -0.15) is 5.10 Å². The van der Waals surface area contributed by atoms with Crippen LogP contribution in [0.4, 0.5) is 11.4 Å². The molecule has 0 spiro atoms. The van der Waals surface area contributed by atoms with E-state index in [0.717, 1.165) is 12.1 Å². The molecule has 0 atom stereocenters. The van der Waals surface area contributed by atoms with Crippen molar-refractivity contribution < 1.29 is 37.5 Å². The smallest absolute Gasteiger partial charge is 0.335 e. The SMILES string of the molecule is COc1ccc(N(CC(=O)N/N=C/c2ccc(C(=O)O)cc2)S(=O)(=O)c2ccccc2[N+](=O)[O-])c(OC)c1. The molecule has 0 aromatic heterocycles. The van der Waals surface area contributed by atoms with Crippen LogP contribution in [0.5, 0.6) is 11.5 Å². The number of carboxylic acid groups (broad SMARTS) is 1. The van der Waals surface area contributed by atoms with Gasteiger partial charge in [-0.05, 0) is 35.9 Å². The Morgan fingerprint density at radius 2 is 1.76 bits per heavy atom. The topological polar surface area (TPSA) is 178 Å². The van der Waals surface area contributed by atoms with Gasteiger partial charge in [-0.3, -0.25) is 19.2 Å². The highest BCUT2D eigenvalue weighted by Crippen LogP contribution is 2.37. The van der Waals surface area contributed by atoms with Crippen molar-refractivity contribution in [3.63, 3.8) is 0 Å². The first-order valence-corrected chi connectivity index (χ1v) is 12.2. The summed E-state index contributed by atoms with van der Waals surface area (Å²) in [6, 6.07) is 14.5. The fourth-order valence-corrected chi connectivity index (χ4v) is 4.88. The van der Waals surface area contributed by atoms with Crippen molar-refractivity contribution in [3.05, 3.63) is 88.0 Å². The highest BCUT2D eigenvalue weighted by atomic mass is 32.2. The number of hydrogen-bond acceptors (Lipinski definition) is 9. The molecule has 1 amide bonds. The zero-order valence-electron chi connectivity index (χ0n) is 20.1. The second-order valence-electron chi connectivity index (χ2n) is 7.49. The molecule has 0 unspecified atom stereocenters.